The number of ether oxygens (including phenoxy) is 1. The molecule has 1 atom stereocenters. The SMILES string of the molecule is C[Si](C)(C)C1(CC(=O)c2ccco2)CO1. The van der Waals surface area contributed by atoms with Gasteiger partial charge in [-0.25, -0.2) is 0 Å². The monoisotopic (exact) mass is 224 g/mol. The number of carbonyl (C=O) groups excluding carboxylic acids is 1. The normalized spacial score (nSPS) is 25.3. The van der Waals surface area contributed by atoms with Gasteiger partial charge in [0.25, 0.3) is 0 Å². The fourth-order valence-corrected chi connectivity index (χ4v) is 3.30. The zero-order valence-corrected chi connectivity index (χ0v) is 10.4. The van der Waals surface area contributed by atoms with Gasteiger partial charge < -0.3 is 9.15 Å². The van der Waals surface area contributed by atoms with Gasteiger partial charge in [0, 0.05) is 6.42 Å². The Morgan fingerprint density at radius 3 is 2.60 bits per heavy atom. The molecule has 0 amide bonds. The van der Waals surface area contributed by atoms with Crippen molar-refractivity contribution in [3.63, 3.8) is 0 Å². The highest BCUT2D eigenvalue weighted by molar-refractivity contribution is 6.80. The van der Waals surface area contributed by atoms with Crippen LogP contribution < -0.4 is 0 Å². The summed E-state index contributed by atoms with van der Waals surface area (Å²) in [5, 5.41) is -0.142. The second-order valence-electron chi connectivity index (χ2n) is 5.11. The van der Waals surface area contributed by atoms with Crippen LogP contribution in [-0.2, 0) is 4.74 Å². The van der Waals surface area contributed by atoms with Gasteiger partial charge >= 0.3 is 0 Å². The number of hydrogen-bond acceptors (Lipinski definition) is 3. The number of Topliss-reactive ketones (excluding diaryl/α,β-unsaturated/α-hetero) is 1. The Labute approximate surface area is 90.4 Å². The molecule has 1 aliphatic rings. The zero-order chi connectivity index (χ0) is 11.1. The lowest BCUT2D eigenvalue weighted by Crippen LogP contribution is -2.43. The maximum Gasteiger partial charge on any atom is 0.200 e. The van der Waals surface area contributed by atoms with Crippen LogP contribution in [0.15, 0.2) is 22.8 Å². The van der Waals surface area contributed by atoms with E-state index in [2.05, 4.69) is 19.6 Å². The molecule has 3 nitrogen and oxygen atoms in total. The van der Waals surface area contributed by atoms with Gasteiger partial charge in [-0.3, -0.25) is 4.79 Å². The lowest BCUT2D eigenvalue weighted by atomic mass is 10.2. The van der Waals surface area contributed by atoms with Gasteiger partial charge in [-0.15, -0.1) is 0 Å². The van der Waals surface area contributed by atoms with Gasteiger partial charge in [0.1, 0.15) is 0 Å². The Morgan fingerprint density at radius 2 is 2.20 bits per heavy atom. The Balaban J connectivity index is 2.08. The Kier molecular flexibility index (Phi) is 2.35. The van der Waals surface area contributed by atoms with E-state index in [1.165, 1.54) is 6.26 Å². The smallest absolute Gasteiger partial charge is 0.200 e. The lowest BCUT2D eigenvalue weighted by Gasteiger charge is -2.24. The Bertz CT molecular complexity index is 358. The van der Waals surface area contributed by atoms with E-state index in [-0.39, 0.29) is 11.0 Å². The predicted octanol–water partition coefficient (Wildman–Crippen LogP) is 2.50. The molecular weight excluding hydrogens is 208 g/mol. The second-order valence-corrected chi connectivity index (χ2v) is 10.5. The van der Waals surface area contributed by atoms with E-state index < -0.39 is 8.07 Å². The molecule has 15 heavy (non-hydrogen) atoms. The first-order chi connectivity index (χ1) is 6.95. The van der Waals surface area contributed by atoms with E-state index in [1.54, 1.807) is 12.1 Å². The lowest BCUT2D eigenvalue weighted by molar-refractivity contribution is 0.0936. The van der Waals surface area contributed by atoms with E-state index in [0.29, 0.717) is 12.2 Å². The molecule has 2 heterocycles. The second kappa shape index (κ2) is 3.32. The van der Waals surface area contributed by atoms with Crippen molar-refractivity contribution in [3.8, 4) is 0 Å². The summed E-state index contributed by atoms with van der Waals surface area (Å²) in [7, 11) is -1.43. The molecule has 0 aliphatic carbocycles. The Morgan fingerprint density at radius 1 is 1.53 bits per heavy atom. The highest BCUT2D eigenvalue weighted by Crippen LogP contribution is 2.41. The van der Waals surface area contributed by atoms with Crippen molar-refractivity contribution in [1.29, 1.82) is 0 Å². The first kappa shape index (κ1) is 10.6. The third-order valence-corrected chi connectivity index (χ3v) is 6.30. The maximum atomic E-state index is 11.9. The molecule has 0 radical (unpaired) electrons. The number of epoxide rings is 1. The van der Waals surface area contributed by atoms with E-state index in [1.807, 2.05) is 0 Å². The molecule has 0 spiro atoms. The van der Waals surface area contributed by atoms with E-state index in [4.69, 9.17) is 9.15 Å². The van der Waals surface area contributed by atoms with Crippen molar-refractivity contribution < 1.29 is 13.9 Å². The van der Waals surface area contributed by atoms with Gasteiger partial charge in [-0.1, -0.05) is 19.6 Å². The topological polar surface area (TPSA) is 42.7 Å². The minimum Gasteiger partial charge on any atom is -0.461 e. The summed E-state index contributed by atoms with van der Waals surface area (Å²) in [5.41, 5.74) is 0. The highest BCUT2D eigenvalue weighted by atomic mass is 28.3. The molecule has 1 unspecified atom stereocenters. The summed E-state index contributed by atoms with van der Waals surface area (Å²) < 4.78 is 10.6. The number of rotatable bonds is 4. The van der Waals surface area contributed by atoms with Crippen molar-refractivity contribution >= 4 is 13.9 Å². The van der Waals surface area contributed by atoms with Crippen LogP contribution in [0.2, 0.25) is 19.6 Å². The number of furan rings is 1. The molecule has 2 rings (SSSR count). The summed E-state index contributed by atoms with van der Waals surface area (Å²) in [4.78, 5) is 11.9. The summed E-state index contributed by atoms with van der Waals surface area (Å²) in [6.07, 6.45) is 2.00. The van der Waals surface area contributed by atoms with Gasteiger partial charge in [0.05, 0.1) is 26.2 Å². The number of ketones is 1. The van der Waals surface area contributed by atoms with Crippen molar-refractivity contribution in [2.45, 2.75) is 31.3 Å². The molecule has 1 fully saturated rings. The molecule has 0 bridgehead atoms. The minimum absolute atomic E-state index is 0.0555. The largest absolute Gasteiger partial charge is 0.461 e. The van der Waals surface area contributed by atoms with Crippen LogP contribution in [0.5, 0.6) is 0 Å². The molecule has 1 aliphatic heterocycles. The minimum atomic E-state index is -1.43. The fraction of sp³-hybridized carbons (Fsp3) is 0.545. The number of hydrogen-bond donors (Lipinski definition) is 0. The first-order valence-corrected chi connectivity index (χ1v) is 8.65. The third kappa shape index (κ3) is 1.92. The molecule has 1 saturated heterocycles. The van der Waals surface area contributed by atoms with Crippen LogP contribution in [0.25, 0.3) is 0 Å². The van der Waals surface area contributed by atoms with Gasteiger partial charge in [-0.05, 0) is 12.1 Å². The number of carbonyl (C=O) groups is 1. The fourth-order valence-electron chi connectivity index (χ4n) is 1.67. The van der Waals surface area contributed by atoms with Gasteiger partial charge in [-0.2, -0.15) is 0 Å². The molecule has 1 aromatic heterocycles. The van der Waals surface area contributed by atoms with Crippen LogP contribution >= 0.6 is 0 Å². The molecule has 0 saturated carbocycles. The van der Waals surface area contributed by atoms with Gasteiger partial charge in [0.15, 0.2) is 5.76 Å². The first-order valence-electron chi connectivity index (χ1n) is 5.15. The van der Waals surface area contributed by atoms with Crippen molar-refractivity contribution in [2.24, 2.45) is 0 Å². The molecular formula is C11H16O3Si. The predicted molar refractivity (Wildman–Crippen MR) is 59.7 cm³/mol. The van der Waals surface area contributed by atoms with E-state index in [9.17, 15) is 4.79 Å². The zero-order valence-electron chi connectivity index (χ0n) is 9.37. The van der Waals surface area contributed by atoms with Crippen molar-refractivity contribution in [3.05, 3.63) is 24.2 Å². The summed E-state index contributed by atoms with van der Waals surface area (Å²) in [5.74, 6) is 0.503. The summed E-state index contributed by atoms with van der Waals surface area (Å²) in [6.45, 7) is 7.43. The highest BCUT2D eigenvalue weighted by Gasteiger charge is 2.56. The quantitative estimate of drug-likeness (QED) is 0.448. The average Bonchev–Trinajstić information content (AvgIpc) is 2.74. The standard InChI is InChI=1S/C11H16O3Si/c1-15(2,3)11(8-14-11)7-9(12)10-5-4-6-13-10/h4-6H,7-8H2,1-3H3. The van der Waals surface area contributed by atoms with Crippen molar-refractivity contribution in [1.82, 2.24) is 0 Å². The van der Waals surface area contributed by atoms with Crippen LogP contribution in [0.3, 0.4) is 0 Å². The van der Waals surface area contributed by atoms with Crippen LogP contribution in [-0.4, -0.2) is 25.7 Å². The Hall–Kier alpha value is -0.873. The van der Waals surface area contributed by atoms with Crippen molar-refractivity contribution in [2.75, 3.05) is 6.61 Å². The van der Waals surface area contributed by atoms with Crippen LogP contribution in [0.1, 0.15) is 17.0 Å². The average molecular weight is 224 g/mol. The summed E-state index contributed by atoms with van der Waals surface area (Å²) >= 11 is 0. The van der Waals surface area contributed by atoms with E-state index >= 15 is 0 Å². The van der Waals surface area contributed by atoms with Crippen LogP contribution in [0, 0.1) is 0 Å². The van der Waals surface area contributed by atoms with Gasteiger partial charge in [0.2, 0.25) is 5.78 Å². The maximum absolute atomic E-state index is 11.9. The third-order valence-electron chi connectivity index (χ3n) is 3.10. The molecule has 82 valence electrons. The molecule has 4 heteroatoms. The molecule has 0 N–H and O–H groups in total. The van der Waals surface area contributed by atoms with Crippen LogP contribution in [0.4, 0.5) is 0 Å². The molecule has 0 aromatic carbocycles. The molecule has 1 aromatic rings. The van der Waals surface area contributed by atoms with E-state index in [0.717, 1.165) is 6.61 Å². The summed E-state index contributed by atoms with van der Waals surface area (Å²) in [6, 6.07) is 3.45.